The Kier molecular flexibility index (Phi) is 4.39. The Hall–Kier alpha value is -1.93. The number of carbonyl (C=O) groups is 1. The van der Waals surface area contributed by atoms with Crippen molar-refractivity contribution in [1.29, 1.82) is 0 Å². The molecule has 2 aromatic carbocycles. The summed E-state index contributed by atoms with van der Waals surface area (Å²) in [5, 5.41) is 3.66. The molecule has 2 aromatic rings. The van der Waals surface area contributed by atoms with Gasteiger partial charge >= 0.3 is 0 Å². The monoisotopic (exact) mass is 293 g/mol. The summed E-state index contributed by atoms with van der Waals surface area (Å²) < 4.78 is 0. The van der Waals surface area contributed by atoms with Crippen LogP contribution in [0, 0.1) is 0 Å². The maximum atomic E-state index is 12.6. The fraction of sp³-hybridized carbons (Fsp3) is 0.350. The van der Waals surface area contributed by atoms with Gasteiger partial charge in [0.1, 0.15) is 0 Å². The Morgan fingerprint density at radius 3 is 2.27 bits per heavy atom. The molecule has 0 aromatic heterocycles. The van der Waals surface area contributed by atoms with Crippen LogP contribution in [0.15, 0.2) is 60.7 Å². The van der Waals surface area contributed by atoms with Crippen LogP contribution >= 0.6 is 0 Å². The van der Waals surface area contributed by atoms with Gasteiger partial charge in [-0.3, -0.25) is 10.1 Å². The minimum Gasteiger partial charge on any atom is -0.298 e. The molecule has 0 radical (unpaired) electrons. The lowest BCUT2D eigenvalue weighted by atomic mass is 9.86. The van der Waals surface area contributed by atoms with Crippen molar-refractivity contribution in [3.8, 4) is 0 Å². The van der Waals surface area contributed by atoms with E-state index in [0.29, 0.717) is 12.2 Å². The second-order valence-electron chi connectivity index (χ2n) is 6.30. The Bertz CT molecular complexity index is 623. The first kappa shape index (κ1) is 15.0. The normalized spacial score (nSPS) is 22.7. The third kappa shape index (κ3) is 3.12. The third-order valence-electron chi connectivity index (χ3n) is 4.68. The average molecular weight is 293 g/mol. The Morgan fingerprint density at radius 1 is 1.05 bits per heavy atom. The van der Waals surface area contributed by atoms with Gasteiger partial charge in [-0.05, 0) is 37.3 Å². The standard InChI is InChI=1S/C20H23NO/c1-16(18-11-6-3-7-12-18)21-20(14-8-13-19(20)22)15-17-9-4-2-5-10-17/h2-7,9-12,16,21H,8,13-15H2,1H3. The van der Waals surface area contributed by atoms with E-state index >= 15 is 0 Å². The van der Waals surface area contributed by atoms with Gasteiger partial charge in [0.05, 0.1) is 5.54 Å². The van der Waals surface area contributed by atoms with Crippen LogP contribution in [-0.4, -0.2) is 11.3 Å². The molecule has 1 fully saturated rings. The number of ketones is 1. The SMILES string of the molecule is CC(NC1(Cc2ccccc2)CCCC1=O)c1ccccc1. The van der Waals surface area contributed by atoms with Crippen molar-refractivity contribution >= 4 is 5.78 Å². The summed E-state index contributed by atoms with van der Waals surface area (Å²) in [5.74, 6) is 0.360. The molecule has 3 rings (SSSR count). The van der Waals surface area contributed by atoms with Crippen molar-refractivity contribution in [2.75, 3.05) is 0 Å². The van der Waals surface area contributed by atoms with Crippen LogP contribution in [0.4, 0.5) is 0 Å². The Balaban J connectivity index is 1.82. The third-order valence-corrected chi connectivity index (χ3v) is 4.68. The highest BCUT2D eigenvalue weighted by atomic mass is 16.1. The molecule has 22 heavy (non-hydrogen) atoms. The number of rotatable bonds is 5. The van der Waals surface area contributed by atoms with Gasteiger partial charge in [0, 0.05) is 12.5 Å². The van der Waals surface area contributed by atoms with Crippen LogP contribution in [0.2, 0.25) is 0 Å². The van der Waals surface area contributed by atoms with E-state index < -0.39 is 5.54 Å². The number of nitrogens with one attached hydrogen (secondary N) is 1. The van der Waals surface area contributed by atoms with Gasteiger partial charge in [0.2, 0.25) is 0 Å². The molecule has 0 saturated heterocycles. The molecule has 1 N–H and O–H groups in total. The van der Waals surface area contributed by atoms with E-state index in [2.05, 4.69) is 36.5 Å². The molecule has 2 atom stereocenters. The van der Waals surface area contributed by atoms with E-state index in [1.807, 2.05) is 36.4 Å². The van der Waals surface area contributed by atoms with E-state index in [0.717, 1.165) is 19.3 Å². The lowest BCUT2D eigenvalue weighted by molar-refractivity contribution is -0.123. The molecule has 0 amide bonds. The summed E-state index contributed by atoms with van der Waals surface area (Å²) >= 11 is 0. The zero-order valence-electron chi connectivity index (χ0n) is 13.1. The summed E-state index contributed by atoms with van der Waals surface area (Å²) in [6.07, 6.45) is 3.39. The van der Waals surface area contributed by atoms with E-state index in [4.69, 9.17) is 0 Å². The van der Waals surface area contributed by atoms with Crippen LogP contribution in [0.25, 0.3) is 0 Å². The minimum absolute atomic E-state index is 0.173. The highest BCUT2D eigenvalue weighted by Gasteiger charge is 2.42. The fourth-order valence-corrected chi connectivity index (χ4v) is 3.50. The second kappa shape index (κ2) is 6.45. The van der Waals surface area contributed by atoms with Crippen molar-refractivity contribution < 1.29 is 4.79 Å². The lowest BCUT2D eigenvalue weighted by Gasteiger charge is -2.33. The van der Waals surface area contributed by atoms with Gasteiger partial charge in [0.15, 0.2) is 5.78 Å². The molecule has 0 aliphatic heterocycles. The Labute approximate surface area is 132 Å². The van der Waals surface area contributed by atoms with Crippen molar-refractivity contribution in [3.63, 3.8) is 0 Å². The summed E-state index contributed by atoms with van der Waals surface area (Å²) in [7, 11) is 0. The summed E-state index contributed by atoms with van der Waals surface area (Å²) in [5.41, 5.74) is 2.05. The van der Waals surface area contributed by atoms with Crippen LogP contribution < -0.4 is 5.32 Å². The second-order valence-corrected chi connectivity index (χ2v) is 6.30. The zero-order valence-corrected chi connectivity index (χ0v) is 13.1. The Morgan fingerprint density at radius 2 is 1.68 bits per heavy atom. The summed E-state index contributed by atoms with van der Waals surface area (Å²) in [6.45, 7) is 2.15. The quantitative estimate of drug-likeness (QED) is 0.900. The summed E-state index contributed by atoms with van der Waals surface area (Å²) in [6, 6.07) is 20.9. The lowest BCUT2D eigenvalue weighted by Crippen LogP contribution is -2.51. The van der Waals surface area contributed by atoms with Gasteiger partial charge in [-0.2, -0.15) is 0 Å². The first-order chi connectivity index (χ1) is 10.7. The number of hydrogen-bond acceptors (Lipinski definition) is 2. The summed E-state index contributed by atoms with van der Waals surface area (Å²) in [4.78, 5) is 12.6. The number of hydrogen-bond donors (Lipinski definition) is 1. The molecule has 0 spiro atoms. The molecule has 2 unspecified atom stereocenters. The van der Waals surface area contributed by atoms with Gasteiger partial charge in [-0.15, -0.1) is 0 Å². The molecule has 2 nitrogen and oxygen atoms in total. The average Bonchev–Trinajstić information content (AvgIpc) is 2.89. The van der Waals surface area contributed by atoms with Gasteiger partial charge in [-0.1, -0.05) is 60.7 Å². The molecule has 0 bridgehead atoms. The molecule has 0 heterocycles. The van der Waals surface area contributed by atoms with E-state index in [1.54, 1.807) is 0 Å². The van der Waals surface area contributed by atoms with Crippen molar-refractivity contribution in [2.24, 2.45) is 0 Å². The molecular weight excluding hydrogens is 270 g/mol. The first-order valence-electron chi connectivity index (χ1n) is 8.09. The maximum Gasteiger partial charge on any atom is 0.153 e. The van der Waals surface area contributed by atoms with Crippen molar-refractivity contribution in [1.82, 2.24) is 5.32 Å². The van der Waals surface area contributed by atoms with Crippen molar-refractivity contribution in [2.45, 2.75) is 44.2 Å². The predicted molar refractivity (Wildman–Crippen MR) is 89.7 cm³/mol. The van der Waals surface area contributed by atoms with Crippen LogP contribution in [0.5, 0.6) is 0 Å². The molecule has 2 heteroatoms. The maximum absolute atomic E-state index is 12.6. The van der Waals surface area contributed by atoms with E-state index in [9.17, 15) is 4.79 Å². The molecule has 1 aliphatic carbocycles. The number of benzene rings is 2. The van der Waals surface area contributed by atoms with E-state index in [1.165, 1.54) is 11.1 Å². The molecule has 114 valence electrons. The minimum atomic E-state index is -0.406. The van der Waals surface area contributed by atoms with Crippen LogP contribution in [0.3, 0.4) is 0 Å². The van der Waals surface area contributed by atoms with Crippen LogP contribution in [0.1, 0.15) is 43.4 Å². The van der Waals surface area contributed by atoms with Gasteiger partial charge < -0.3 is 0 Å². The molecule has 1 aliphatic rings. The number of Topliss-reactive ketones (excluding diaryl/α,β-unsaturated/α-hetero) is 1. The topological polar surface area (TPSA) is 29.1 Å². The fourth-order valence-electron chi connectivity index (χ4n) is 3.50. The zero-order chi connectivity index (χ0) is 15.4. The molecule has 1 saturated carbocycles. The number of carbonyl (C=O) groups excluding carboxylic acids is 1. The smallest absolute Gasteiger partial charge is 0.153 e. The van der Waals surface area contributed by atoms with Gasteiger partial charge in [-0.25, -0.2) is 0 Å². The van der Waals surface area contributed by atoms with E-state index in [-0.39, 0.29) is 6.04 Å². The van der Waals surface area contributed by atoms with Gasteiger partial charge in [0.25, 0.3) is 0 Å². The largest absolute Gasteiger partial charge is 0.298 e. The highest BCUT2D eigenvalue weighted by molar-refractivity contribution is 5.90. The highest BCUT2D eigenvalue weighted by Crippen LogP contribution is 2.32. The predicted octanol–water partition coefficient (Wildman–Crippen LogP) is 4.07. The first-order valence-corrected chi connectivity index (χ1v) is 8.09. The molecular formula is C20H23NO. The van der Waals surface area contributed by atoms with Crippen LogP contribution in [-0.2, 0) is 11.2 Å². The van der Waals surface area contributed by atoms with Crippen molar-refractivity contribution in [3.05, 3.63) is 71.8 Å².